The molecule has 20 heavy (non-hydrogen) atoms. The second-order valence-corrected chi connectivity index (χ2v) is 3.48. The van der Waals surface area contributed by atoms with Crippen LogP contribution in [-0.2, 0) is 0 Å². The SMILES string of the molecule is CNC(=O)c1ccc(F)c(NC(C#N)=C(C#N)C#N)c1. The van der Waals surface area contributed by atoms with Gasteiger partial charge in [0.1, 0.15) is 29.7 Å². The monoisotopic (exact) mass is 269 g/mol. The Morgan fingerprint density at radius 2 is 1.85 bits per heavy atom. The van der Waals surface area contributed by atoms with Crippen LogP contribution in [0.4, 0.5) is 10.1 Å². The average molecular weight is 269 g/mol. The summed E-state index contributed by atoms with van der Waals surface area (Å²) in [6.45, 7) is 0. The summed E-state index contributed by atoms with van der Waals surface area (Å²) in [7, 11) is 1.42. The van der Waals surface area contributed by atoms with Crippen LogP contribution in [0.15, 0.2) is 29.5 Å². The van der Waals surface area contributed by atoms with Gasteiger partial charge in [-0.25, -0.2) is 4.39 Å². The largest absolute Gasteiger partial charge is 0.355 e. The number of hydrogen-bond acceptors (Lipinski definition) is 5. The van der Waals surface area contributed by atoms with Gasteiger partial charge in [0, 0.05) is 12.6 Å². The first-order chi connectivity index (χ1) is 9.57. The molecule has 0 atom stereocenters. The van der Waals surface area contributed by atoms with Crippen molar-refractivity contribution in [1.82, 2.24) is 5.32 Å². The highest BCUT2D eigenvalue weighted by Crippen LogP contribution is 2.19. The fourth-order valence-corrected chi connectivity index (χ4v) is 1.32. The third-order valence-corrected chi connectivity index (χ3v) is 2.30. The van der Waals surface area contributed by atoms with Crippen molar-refractivity contribution in [2.75, 3.05) is 12.4 Å². The Labute approximate surface area is 114 Å². The van der Waals surface area contributed by atoms with E-state index in [0.717, 1.165) is 6.07 Å². The zero-order chi connectivity index (χ0) is 15.1. The number of nitrogens with zero attached hydrogens (tertiary/aromatic N) is 3. The summed E-state index contributed by atoms with van der Waals surface area (Å²) in [6, 6.07) is 8.13. The highest BCUT2D eigenvalue weighted by Gasteiger charge is 2.12. The fraction of sp³-hybridized carbons (Fsp3) is 0.0769. The second-order valence-electron chi connectivity index (χ2n) is 3.48. The molecule has 1 amide bonds. The number of carbonyl (C=O) groups is 1. The van der Waals surface area contributed by atoms with Crippen LogP contribution in [0.2, 0.25) is 0 Å². The van der Waals surface area contributed by atoms with Crippen molar-refractivity contribution >= 4 is 11.6 Å². The van der Waals surface area contributed by atoms with Crippen LogP contribution in [0, 0.1) is 39.8 Å². The quantitative estimate of drug-likeness (QED) is 0.806. The van der Waals surface area contributed by atoms with Crippen molar-refractivity contribution in [1.29, 1.82) is 15.8 Å². The van der Waals surface area contributed by atoms with Gasteiger partial charge in [-0.2, -0.15) is 15.8 Å². The molecule has 0 radical (unpaired) electrons. The van der Waals surface area contributed by atoms with E-state index in [9.17, 15) is 9.18 Å². The molecule has 1 aromatic rings. The van der Waals surface area contributed by atoms with Crippen molar-refractivity contribution in [3.05, 3.63) is 40.8 Å². The van der Waals surface area contributed by atoms with E-state index in [2.05, 4.69) is 10.6 Å². The Hall–Kier alpha value is -3.37. The lowest BCUT2D eigenvalue weighted by Crippen LogP contribution is -2.18. The summed E-state index contributed by atoms with van der Waals surface area (Å²) in [5.74, 6) is -1.16. The number of benzene rings is 1. The normalized spacial score (nSPS) is 8.55. The Morgan fingerprint density at radius 3 is 2.35 bits per heavy atom. The molecule has 7 heteroatoms. The van der Waals surface area contributed by atoms with Gasteiger partial charge in [0.05, 0.1) is 5.69 Å². The van der Waals surface area contributed by atoms with Gasteiger partial charge in [0.25, 0.3) is 5.91 Å². The van der Waals surface area contributed by atoms with Gasteiger partial charge in [-0.1, -0.05) is 0 Å². The Kier molecular flexibility index (Phi) is 4.80. The number of nitriles is 3. The molecule has 0 saturated heterocycles. The molecular weight excluding hydrogens is 261 g/mol. The molecule has 0 aliphatic carbocycles. The second kappa shape index (κ2) is 6.53. The van der Waals surface area contributed by atoms with Gasteiger partial charge < -0.3 is 10.6 Å². The number of allylic oxidation sites excluding steroid dienone is 2. The number of hydrogen-bond donors (Lipinski definition) is 2. The number of rotatable bonds is 3. The molecule has 0 fully saturated rings. The first kappa shape index (κ1) is 14.7. The Balaban J connectivity index is 3.26. The topological polar surface area (TPSA) is 112 Å². The van der Waals surface area contributed by atoms with E-state index in [1.807, 2.05) is 0 Å². The van der Waals surface area contributed by atoms with E-state index < -0.39 is 17.3 Å². The van der Waals surface area contributed by atoms with Crippen LogP contribution in [0.1, 0.15) is 10.4 Å². The first-order valence-corrected chi connectivity index (χ1v) is 5.30. The minimum Gasteiger partial charge on any atom is -0.355 e. The molecule has 98 valence electrons. The number of nitrogens with one attached hydrogen (secondary N) is 2. The van der Waals surface area contributed by atoms with Crippen molar-refractivity contribution in [2.24, 2.45) is 0 Å². The van der Waals surface area contributed by atoms with Gasteiger partial charge in [-0.15, -0.1) is 0 Å². The molecule has 0 bridgehead atoms. The lowest BCUT2D eigenvalue weighted by atomic mass is 10.1. The third kappa shape index (κ3) is 3.10. The zero-order valence-corrected chi connectivity index (χ0v) is 10.4. The van der Waals surface area contributed by atoms with Gasteiger partial charge in [-0.05, 0) is 18.2 Å². The average Bonchev–Trinajstić information content (AvgIpc) is 2.48. The number of anilines is 1. The summed E-state index contributed by atoms with van der Waals surface area (Å²) in [5, 5.41) is 30.9. The number of carbonyl (C=O) groups excluding carboxylic acids is 1. The molecule has 0 unspecified atom stereocenters. The zero-order valence-electron chi connectivity index (χ0n) is 10.4. The van der Waals surface area contributed by atoms with Gasteiger partial charge in [0.2, 0.25) is 0 Å². The van der Waals surface area contributed by atoms with Crippen LogP contribution in [0.25, 0.3) is 0 Å². The molecule has 0 aliphatic rings. The maximum absolute atomic E-state index is 13.6. The first-order valence-electron chi connectivity index (χ1n) is 5.30. The van der Waals surface area contributed by atoms with Crippen LogP contribution in [0.5, 0.6) is 0 Å². The van der Waals surface area contributed by atoms with E-state index in [-0.39, 0.29) is 16.9 Å². The highest BCUT2D eigenvalue weighted by molar-refractivity contribution is 5.95. The van der Waals surface area contributed by atoms with Crippen LogP contribution in [-0.4, -0.2) is 13.0 Å². The van der Waals surface area contributed by atoms with E-state index >= 15 is 0 Å². The van der Waals surface area contributed by atoms with Crippen molar-refractivity contribution in [3.63, 3.8) is 0 Å². The molecule has 0 aromatic heterocycles. The van der Waals surface area contributed by atoms with Crippen LogP contribution < -0.4 is 10.6 Å². The molecule has 0 heterocycles. The predicted octanol–water partition coefficient (Wildman–Crippen LogP) is 1.42. The van der Waals surface area contributed by atoms with E-state index in [0.29, 0.717) is 0 Å². The summed E-state index contributed by atoms with van der Waals surface area (Å²) in [4.78, 5) is 11.4. The maximum atomic E-state index is 13.6. The van der Waals surface area contributed by atoms with Crippen molar-refractivity contribution in [3.8, 4) is 18.2 Å². The molecule has 0 spiro atoms. The highest BCUT2D eigenvalue weighted by atomic mass is 19.1. The predicted molar refractivity (Wildman–Crippen MR) is 67.3 cm³/mol. The fourth-order valence-electron chi connectivity index (χ4n) is 1.32. The molecule has 0 aliphatic heterocycles. The molecular formula is C13H8FN5O. The smallest absolute Gasteiger partial charge is 0.251 e. The van der Waals surface area contributed by atoms with Gasteiger partial charge in [0.15, 0.2) is 5.57 Å². The Morgan fingerprint density at radius 1 is 1.20 bits per heavy atom. The van der Waals surface area contributed by atoms with Crippen molar-refractivity contribution < 1.29 is 9.18 Å². The third-order valence-electron chi connectivity index (χ3n) is 2.30. The van der Waals surface area contributed by atoms with Gasteiger partial charge in [-0.3, -0.25) is 4.79 Å². The minimum absolute atomic E-state index is 0.171. The molecule has 2 N–H and O–H groups in total. The lowest BCUT2D eigenvalue weighted by molar-refractivity contribution is 0.0963. The molecule has 1 rings (SSSR count). The summed E-state index contributed by atoms with van der Waals surface area (Å²) < 4.78 is 13.6. The Bertz CT molecular complexity index is 687. The standard InChI is InChI=1S/C13H8FN5O/c1-18-13(20)8-2-3-10(14)11(4-8)19-12(7-17)9(5-15)6-16/h2-4,19H,1H3,(H,18,20). The number of amides is 1. The van der Waals surface area contributed by atoms with Crippen molar-refractivity contribution in [2.45, 2.75) is 0 Å². The molecule has 0 saturated carbocycles. The summed E-state index contributed by atoms with van der Waals surface area (Å²) >= 11 is 0. The molecule has 6 nitrogen and oxygen atoms in total. The van der Waals surface area contributed by atoms with Gasteiger partial charge >= 0.3 is 0 Å². The molecule has 1 aromatic carbocycles. The van der Waals surface area contributed by atoms with E-state index in [4.69, 9.17) is 15.8 Å². The maximum Gasteiger partial charge on any atom is 0.251 e. The summed E-state index contributed by atoms with van der Waals surface area (Å²) in [6.07, 6.45) is 0. The number of halogens is 1. The van der Waals surface area contributed by atoms with Crippen LogP contribution in [0.3, 0.4) is 0 Å². The van der Waals surface area contributed by atoms with E-state index in [1.54, 1.807) is 6.07 Å². The van der Waals surface area contributed by atoms with E-state index in [1.165, 1.54) is 31.3 Å². The lowest BCUT2D eigenvalue weighted by Gasteiger charge is -2.08. The van der Waals surface area contributed by atoms with Crippen LogP contribution >= 0.6 is 0 Å². The minimum atomic E-state index is -0.722. The summed E-state index contributed by atoms with van der Waals surface area (Å²) in [5.41, 5.74) is -0.866.